The van der Waals surface area contributed by atoms with Crippen LogP contribution in [0.25, 0.3) is 0 Å². The van der Waals surface area contributed by atoms with E-state index in [9.17, 15) is 8.78 Å². The Morgan fingerprint density at radius 3 is 2.84 bits per heavy atom. The first-order chi connectivity index (χ1) is 9.02. The summed E-state index contributed by atoms with van der Waals surface area (Å²) in [6.45, 7) is 5.64. The molecule has 0 N–H and O–H groups in total. The molecule has 0 aromatic heterocycles. The lowest BCUT2D eigenvalue weighted by Crippen LogP contribution is -2.48. The van der Waals surface area contributed by atoms with E-state index in [1.54, 1.807) is 0 Å². The van der Waals surface area contributed by atoms with Gasteiger partial charge in [0.05, 0.1) is 17.2 Å². The third kappa shape index (κ3) is 3.33. The second-order valence-electron chi connectivity index (χ2n) is 4.96. The minimum atomic E-state index is -0.506. The van der Waals surface area contributed by atoms with Crippen molar-refractivity contribution in [2.24, 2.45) is 0 Å². The van der Waals surface area contributed by atoms with Crippen LogP contribution in [-0.2, 0) is 11.3 Å². The molecule has 19 heavy (non-hydrogen) atoms. The molecule has 0 bridgehead atoms. The zero-order valence-electron chi connectivity index (χ0n) is 11.1. The molecule has 2 rings (SSSR count). The van der Waals surface area contributed by atoms with Gasteiger partial charge in [-0.3, -0.25) is 4.90 Å². The molecule has 5 heteroatoms. The maximum Gasteiger partial charge on any atom is 0.144 e. The fourth-order valence-electron chi connectivity index (χ4n) is 2.40. The summed E-state index contributed by atoms with van der Waals surface area (Å²) < 4.78 is 33.7. The molecule has 1 heterocycles. The van der Waals surface area contributed by atoms with Crippen LogP contribution in [0.15, 0.2) is 16.6 Å². The topological polar surface area (TPSA) is 12.5 Å². The third-order valence-corrected chi connectivity index (χ3v) is 4.16. The van der Waals surface area contributed by atoms with E-state index in [0.29, 0.717) is 17.6 Å². The minimum Gasteiger partial charge on any atom is -0.376 e. The van der Waals surface area contributed by atoms with Crippen LogP contribution in [-0.4, -0.2) is 30.2 Å². The molecule has 2 unspecified atom stereocenters. The first kappa shape index (κ1) is 14.9. The van der Waals surface area contributed by atoms with Gasteiger partial charge in [-0.05, 0) is 41.4 Å². The van der Waals surface area contributed by atoms with Gasteiger partial charge in [-0.15, -0.1) is 0 Å². The van der Waals surface area contributed by atoms with E-state index in [0.717, 1.165) is 6.42 Å². The second-order valence-corrected chi connectivity index (χ2v) is 5.81. The van der Waals surface area contributed by atoms with Gasteiger partial charge >= 0.3 is 0 Å². The number of ether oxygens (including phenoxy) is 1. The molecule has 0 saturated carbocycles. The number of hydrogen-bond donors (Lipinski definition) is 0. The summed E-state index contributed by atoms with van der Waals surface area (Å²) in [6.07, 6.45) is 1.00. The molecule has 0 aliphatic carbocycles. The fourth-order valence-corrected chi connectivity index (χ4v) is 2.77. The Balaban J connectivity index is 2.21. The summed E-state index contributed by atoms with van der Waals surface area (Å²) in [5.74, 6) is -0.997. The molecule has 106 valence electrons. The molecule has 1 aromatic carbocycles. The zero-order valence-corrected chi connectivity index (χ0v) is 12.7. The van der Waals surface area contributed by atoms with Crippen LogP contribution in [0, 0.1) is 11.6 Å². The van der Waals surface area contributed by atoms with Crippen LogP contribution >= 0.6 is 15.9 Å². The van der Waals surface area contributed by atoms with Crippen molar-refractivity contribution in [3.8, 4) is 0 Å². The van der Waals surface area contributed by atoms with E-state index >= 15 is 0 Å². The van der Waals surface area contributed by atoms with Crippen molar-refractivity contribution in [1.29, 1.82) is 0 Å². The summed E-state index contributed by atoms with van der Waals surface area (Å²) in [5.41, 5.74) is 0.127. The summed E-state index contributed by atoms with van der Waals surface area (Å²) in [7, 11) is 0. The molecule has 1 aliphatic rings. The number of halogens is 3. The highest BCUT2D eigenvalue weighted by atomic mass is 79.9. The van der Waals surface area contributed by atoms with E-state index in [1.165, 1.54) is 12.1 Å². The average Bonchev–Trinajstić information content (AvgIpc) is 2.39. The van der Waals surface area contributed by atoms with Crippen molar-refractivity contribution < 1.29 is 13.5 Å². The van der Waals surface area contributed by atoms with Gasteiger partial charge in [0, 0.05) is 24.7 Å². The summed E-state index contributed by atoms with van der Waals surface area (Å²) in [5, 5.41) is 0. The number of benzene rings is 1. The van der Waals surface area contributed by atoms with Gasteiger partial charge in [0.25, 0.3) is 0 Å². The van der Waals surface area contributed by atoms with E-state index < -0.39 is 11.6 Å². The Kier molecular flexibility index (Phi) is 4.92. The van der Waals surface area contributed by atoms with E-state index in [2.05, 4.69) is 27.8 Å². The minimum absolute atomic E-state index is 0.0982. The highest BCUT2D eigenvalue weighted by Crippen LogP contribution is 2.25. The SMILES string of the molecule is CCC1COC(C)CN1Cc1c(F)ccc(Br)c1F. The van der Waals surface area contributed by atoms with Gasteiger partial charge in [-0.2, -0.15) is 0 Å². The Hall–Kier alpha value is -0.520. The summed E-state index contributed by atoms with van der Waals surface area (Å²) in [6, 6.07) is 2.91. The molecule has 2 atom stereocenters. The van der Waals surface area contributed by atoms with Crippen LogP contribution < -0.4 is 0 Å². The van der Waals surface area contributed by atoms with Crippen LogP contribution in [0.4, 0.5) is 8.78 Å². The van der Waals surface area contributed by atoms with E-state index in [-0.39, 0.29) is 24.3 Å². The van der Waals surface area contributed by atoms with Gasteiger partial charge in [-0.1, -0.05) is 6.92 Å². The largest absolute Gasteiger partial charge is 0.376 e. The lowest BCUT2D eigenvalue weighted by atomic mass is 10.1. The number of nitrogens with zero attached hydrogens (tertiary/aromatic N) is 1. The fraction of sp³-hybridized carbons (Fsp3) is 0.571. The van der Waals surface area contributed by atoms with Gasteiger partial charge < -0.3 is 4.74 Å². The quantitative estimate of drug-likeness (QED) is 0.781. The first-order valence-electron chi connectivity index (χ1n) is 6.51. The molecular weight excluding hydrogens is 316 g/mol. The molecular formula is C14H18BrF2NO. The number of rotatable bonds is 3. The highest BCUT2D eigenvalue weighted by Gasteiger charge is 2.27. The standard InChI is InChI=1S/C14H18BrF2NO/c1-3-10-8-19-9(2)6-18(10)7-11-13(16)5-4-12(15)14(11)17/h4-5,9-10H,3,6-8H2,1-2H3. The maximum absolute atomic E-state index is 14.0. The number of hydrogen-bond acceptors (Lipinski definition) is 2. The molecule has 2 nitrogen and oxygen atoms in total. The zero-order chi connectivity index (χ0) is 14.0. The van der Waals surface area contributed by atoms with Crippen LogP contribution in [0.2, 0.25) is 0 Å². The van der Waals surface area contributed by atoms with E-state index in [1.807, 2.05) is 6.92 Å². The first-order valence-corrected chi connectivity index (χ1v) is 7.30. The lowest BCUT2D eigenvalue weighted by molar-refractivity contribution is -0.0598. The Morgan fingerprint density at radius 2 is 2.16 bits per heavy atom. The average molecular weight is 334 g/mol. The van der Waals surface area contributed by atoms with Crippen LogP contribution in [0.3, 0.4) is 0 Å². The summed E-state index contributed by atoms with van der Waals surface area (Å²) >= 11 is 3.10. The summed E-state index contributed by atoms with van der Waals surface area (Å²) in [4.78, 5) is 2.10. The molecule has 1 aromatic rings. The predicted octanol–water partition coefficient (Wildman–Crippen LogP) is 3.73. The third-order valence-electron chi connectivity index (χ3n) is 3.55. The van der Waals surface area contributed by atoms with Crippen molar-refractivity contribution in [1.82, 2.24) is 4.90 Å². The van der Waals surface area contributed by atoms with Crippen molar-refractivity contribution >= 4 is 15.9 Å². The van der Waals surface area contributed by atoms with E-state index in [4.69, 9.17) is 4.74 Å². The van der Waals surface area contributed by atoms with Crippen LogP contribution in [0.5, 0.6) is 0 Å². The van der Waals surface area contributed by atoms with Gasteiger partial charge in [-0.25, -0.2) is 8.78 Å². The molecule has 0 spiro atoms. The molecule has 1 saturated heterocycles. The molecule has 0 radical (unpaired) electrons. The Bertz CT molecular complexity index is 455. The highest BCUT2D eigenvalue weighted by molar-refractivity contribution is 9.10. The van der Waals surface area contributed by atoms with Crippen LogP contribution in [0.1, 0.15) is 25.8 Å². The van der Waals surface area contributed by atoms with Crippen molar-refractivity contribution in [3.63, 3.8) is 0 Å². The smallest absolute Gasteiger partial charge is 0.144 e. The van der Waals surface area contributed by atoms with Gasteiger partial charge in [0.15, 0.2) is 0 Å². The van der Waals surface area contributed by atoms with Gasteiger partial charge in [0.2, 0.25) is 0 Å². The second kappa shape index (κ2) is 6.29. The van der Waals surface area contributed by atoms with Crippen molar-refractivity contribution in [3.05, 3.63) is 33.8 Å². The predicted molar refractivity (Wildman–Crippen MR) is 74.0 cm³/mol. The Labute approximate surface area is 120 Å². The normalized spacial score (nSPS) is 24.7. The van der Waals surface area contributed by atoms with Crippen molar-refractivity contribution in [2.45, 2.75) is 39.0 Å². The number of morpholine rings is 1. The molecule has 0 amide bonds. The van der Waals surface area contributed by atoms with Gasteiger partial charge in [0.1, 0.15) is 11.6 Å². The monoisotopic (exact) mass is 333 g/mol. The lowest BCUT2D eigenvalue weighted by Gasteiger charge is -2.38. The van der Waals surface area contributed by atoms with Crippen molar-refractivity contribution in [2.75, 3.05) is 13.2 Å². The maximum atomic E-state index is 14.0. The molecule has 1 aliphatic heterocycles. The Morgan fingerprint density at radius 1 is 1.42 bits per heavy atom. The molecule has 1 fully saturated rings.